The molecule has 0 fully saturated rings. The van der Waals surface area contributed by atoms with E-state index < -0.39 is 0 Å². The Balaban J connectivity index is 1.53. The molecule has 0 aliphatic carbocycles. The zero-order chi connectivity index (χ0) is 18.2. The molecule has 140 valence electrons. The van der Waals surface area contributed by atoms with E-state index in [0.29, 0.717) is 23.9 Å². The topological polar surface area (TPSA) is 78.1 Å². The molecule has 2 aromatic rings. The summed E-state index contributed by atoms with van der Waals surface area (Å²) in [4.78, 5) is 4.28. The number of methoxy groups -OCH3 is 1. The number of aliphatic imine (C=N–C) groups is 1. The number of hydrogen-bond acceptors (Lipinski definition) is 7. The van der Waals surface area contributed by atoms with Crippen LogP contribution in [0.15, 0.2) is 33.8 Å². The minimum Gasteiger partial charge on any atom is -0.496 e. The van der Waals surface area contributed by atoms with E-state index in [4.69, 9.17) is 18.7 Å². The van der Waals surface area contributed by atoms with Gasteiger partial charge in [-0.25, -0.2) is 0 Å². The number of nitrogens with zero attached hydrogens (tertiary/aromatic N) is 2. The highest BCUT2D eigenvalue weighted by atomic mass is 16.5. The van der Waals surface area contributed by atoms with Crippen LogP contribution in [0.1, 0.15) is 26.2 Å². The zero-order valence-electron chi connectivity index (χ0n) is 15.3. The van der Waals surface area contributed by atoms with Gasteiger partial charge in [-0.2, -0.15) is 0 Å². The molecule has 0 bridgehead atoms. The van der Waals surface area contributed by atoms with Gasteiger partial charge in [-0.3, -0.25) is 4.99 Å². The number of aromatic nitrogens is 1. The first-order valence-electron chi connectivity index (χ1n) is 8.98. The van der Waals surface area contributed by atoms with Crippen molar-refractivity contribution in [3.63, 3.8) is 0 Å². The second kappa shape index (κ2) is 9.12. The van der Waals surface area contributed by atoms with E-state index in [1.165, 1.54) is 0 Å². The van der Waals surface area contributed by atoms with Crippen molar-refractivity contribution in [1.82, 2.24) is 5.16 Å². The summed E-state index contributed by atoms with van der Waals surface area (Å²) in [5.74, 6) is 3.70. The van der Waals surface area contributed by atoms with E-state index in [1.807, 2.05) is 31.2 Å². The molecule has 0 radical (unpaired) electrons. The Morgan fingerprint density at radius 3 is 2.92 bits per heavy atom. The maximum Gasteiger partial charge on any atom is 0.183 e. The minimum absolute atomic E-state index is 0.642. The molecular formula is C19H25N3O4. The third-order valence-electron chi connectivity index (χ3n) is 4.01. The fourth-order valence-corrected chi connectivity index (χ4v) is 2.73. The van der Waals surface area contributed by atoms with Gasteiger partial charge in [0.15, 0.2) is 17.5 Å². The van der Waals surface area contributed by atoms with Crippen LogP contribution in [-0.2, 0) is 4.74 Å². The second-order valence-electron chi connectivity index (χ2n) is 5.90. The number of ether oxygens (including phenoxy) is 3. The van der Waals surface area contributed by atoms with Gasteiger partial charge in [0, 0.05) is 25.1 Å². The molecule has 3 rings (SSSR count). The number of rotatable bonds is 10. The average Bonchev–Trinajstić information content (AvgIpc) is 3.33. The van der Waals surface area contributed by atoms with Crippen molar-refractivity contribution in [2.24, 2.45) is 4.99 Å². The van der Waals surface area contributed by atoms with Gasteiger partial charge in [-0.05, 0) is 31.9 Å². The predicted molar refractivity (Wildman–Crippen MR) is 100 cm³/mol. The Morgan fingerprint density at radius 1 is 1.23 bits per heavy atom. The highest BCUT2D eigenvalue weighted by Gasteiger charge is 2.13. The molecule has 1 aliphatic rings. The average molecular weight is 359 g/mol. The second-order valence-corrected chi connectivity index (χ2v) is 5.90. The van der Waals surface area contributed by atoms with Gasteiger partial charge in [0.25, 0.3) is 0 Å². The lowest BCUT2D eigenvalue weighted by molar-refractivity contribution is 0.300. The molecular weight excluding hydrogens is 334 g/mol. The molecule has 1 aliphatic heterocycles. The number of nitrogens with one attached hydrogen (secondary N) is 1. The molecule has 1 N–H and O–H groups in total. The number of anilines is 1. The van der Waals surface area contributed by atoms with E-state index in [2.05, 4.69) is 15.5 Å². The molecule has 0 atom stereocenters. The van der Waals surface area contributed by atoms with Crippen molar-refractivity contribution in [3.05, 3.63) is 24.3 Å². The molecule has 1 aromatic carbocycles. The summed E-state index contributed by atoms with van der Waals surface area (Å²) in [5.41, 5.74) is 0.841. The molecule has 0 saturated carbocycles. The van der Waals surface area contributed by atoms with Crippen molar-refractivity contribution < 1.29 is 18.7 Å². The molecule has 1 aromatic heterocycles. The smallest absolute Gasteiger partial charge is 0.183 e. The quantitative estimate of drug-likeness (QED) is 0.651. The Kier molecular flexibility index (Phi) is 6.35. The molecule has 0 saturated heterocycles. The first-order chi connectivity index (χ1) is 12.8. The monoisotopic (exact) mass is 359 g/mol. The van der Waals surface area contributed by atoms with Crippen molar-refractivity contribution in [1.29, 1.82) is 0 Å². The van der Waals surface area contributed by atoms with E-state index in [-0.39, 0.29) is 0 Å². The summed E-state index contributed by atoms with van der Waals surface area (Å²) in [5, 5.41) is 7.11. The molecule has 7 nitrogen and oxygen atoms in total. The van der Waals surface area contributed by atoms with Crippen LogP contribution in [0.25, 0.3) is 11.3 Å². The SMILES string of the molecule is CCNc1cc(-c2ccc(OCCCCC3=NCCO3)cc2OC)on1. The van der Waals surface area contributed by atoms with E-state index in [9.17, 15) is 0 Å². The van der Waals surface area contributed by atoms with Gasteiger partial charge in [-0.15, -0.1) is 0 Å². The van der Waals surface area contributed by atoms with Crippen LogP contribution >= 0.6 is 0 Å². The van der Waals surface area contributed by atoms with E-state index in [0.717, 1.165) is 56.2 Å². The highest BCUT2D eigenvalue weighted by Crippen LogP contribution is 2.34. The number of unbranched alkanes of at least 4 members (excludes halogenated alkanes) is 1. The molecule has 0 amide bonds. The van der Waals surface area contributed by atoms with Crippen molar-refractivity contribution in [3.8, 4) is 22.8 Å². The number of hydrogen-bond donors (Lipinski definition) is 1. The molecule has 7 heteroatoms. The van der Waals surface area contributed by atoms with E-state index in [1.54, 1.807) is 7.11 Å². The van der Waals surface area contributed by atoms with Gasteiger partial charge < -0.3 is 24.1 Å². The van der Waals surface area contributed by atoms with Crippen LogP contribution < -0.4 is 14.8 Å². The minimum atomic E-state index is 0.642. The summed E-state index contributed by atoms with van der Waals surface area (Å²) >= 11 is 0. The molecule has 0 unspecified atom stereocenters. The van der Waals surface area contributed by atoms with Crippen LogP contribution in [0.2, 0.25) is 0 Å². The third kappa shape index (κ3) is 4.68. The first-order valence-corrected chi connectivity index (χ1v) is 8.98. The van der Waals surface area contributed by atoms with Crippen LogP contribution in [0.5, 0.6) is 11.5 Å². The Bertz CT molecular complexity index is 742. The van der Waals surface area contributed by atoms with Crippen LogP contribution in [0.4, 0.5) is 5.82 Å². The summed E-state index contributed by atoms with van der Waals surface area (Å²) in [7, 11) is 1.63. The Hall–Kier alpha value is -2.70. The molecule has 0 spiro atoms. The fraction of sp³-hybridized carbons (Fsp3) is 0.474. The van der Waals surface area contributed by atoms with Gasteiger partial charge in [0.1, 0.15) is 18.1 Å². The lowest BCUT2D eigenvalue weighted by Gasteiger charge is -2.10. The van der Waals surface area contributed by atoms with Gasteiger partial charge >= 0.3 is 0 Å². The lowest BCUT2D eigenvalue weighted by atomic mass is 10.1. The molecule has 26 heavy (non-hydrogen) atoms. The van der Waals surface area contributed by atoms with Gasteiger partial charge in [-0.1, -0.05) is 5.16 Å². The highest BCUT2D eigenvalue weighted by molar-refractivity contribution is 5.77. The van der Waals surface area contributed by atoms with Gasteiger partial charge in [0.05, 0.1) is 25.8 Å². The largest absolute Gasteiger partial charge is 0.496 e. The fourth-order valence-electron chi connectivity index (χ4n) is 2.73. The van der Waals surface area contributed by atoms with Crippen LogP contribution in [-0.4, -0.2) is 44.5 Å². The van der Waals surface area contributed by atoms with Crippen molar-refractivity contribution in [2.45, 2.75) is 26.2 Å². The summed E-state index contributed by atoms with van der Waals surface area (Å²) in [6.07, 6.45) is 2.82. The number of benzene rings is 1. The van der Waals surface area contributed by atoms with Crippen molar-refractivity contribution >= 4 is 11.7 Å². The normalized spacial score (nSPS) is 13.2. The van der Waals surface area contributed by atoms with E-state index >= 15 is 0 Å². The Morgan fingerprint density at radius 2 is 2.15 bits per heavy atom. The van der Waals surface area contributed by atoms with Gasteiger partial charge in [0.2, 0.25) is 0 Å². The van der Waals surface area contributed by atoms with Crippen LogP contribution in [0, 0.1) is 0 Å². The third-order valence-corrected chi connectivity index (χ3v) is 4.01. The first kappa shape index (κ1) is 18.1. The predicted octanol–water partition coefficient (Wildman–Crippen LogP) is 3.76. The van der Waals surface area contributed by atoms with Crippen LogP contribution in [0.3, 0.4) is 0 Å². The lowest BCUT2D eigenvalue weighted by Crippen LogP contribution is -2.02. The van der Waals surface area contributed by atoms with Crippen molar-refractivity contribution in [2.75, 3.05) is 38.7 Å². The maximum atomic E-state index is 5.83. The summed E-state index contributed by atoms with van der Waals surface area (Å²) in [6, 6.07) is 7.56. The Labute approximate surface area is 153 Å². The maximum absolute atomic E-state index is 5.83. The summed E-state index contributed by atoms with van der Waals surface area (Å²) < 4.78 is 22.1. The summed E-state index contributed by atoms with van der Waals surface area (Å²) in [6.45, 7) is 4.95. The molecule has 2 heterocycles. The standard InChI is InChI=1S/C19H25N3O4/c1-3-20-18-13-17(26-22-18)15-8-7-14(12-16(15)23-2)24-10-5-4-6-19-21-9-11-25-19/h7-8,12-13H,3-6,9-11H2,1-2H3,(H,20,22). The zero-order valence-corrected chi connectivity index (χ0v) is 15.3.